The number of aromatic nitrogens is 3. The molecule has 0 amide bonds. The zero-order valence-corrected chi connectivity index (χ0v) is 13.7. The fourth-order valence-electron chi connectivity index (χ4n) is 3.03. The number of hydrogen-bond donors (Lipinski definition) is 0. The van der Waals surface area contributed by atoms with Crippen molar-refractivity contribution in [1.82, 2.24) is 15.0 Å². The normalized spacial score (nSPS) is 16.8. The molecular formula is C16H14N4O3S. The third kappa shape index (κ3) is 2.48. The summed E-state index contributed by atoms with van der Waals surface area (Å²) in [7, 11) is 0. The molecule has 1 atom stereocenters. The lowest BCUT2D eigenvalue weighted by atomic mass is 9.89. The minimum Gasteiger partial charge on any atom is -0.429 e. The number of aryl methyl sites for hydroxylation is 1. The Hall–Kier alpha value is -2.61. The Labute approximate surface area is 141 Å². The lowest BCUT2D eigenvalue weighted by molar-refractivity contribution is -0.390. The van der Waals surface area contributed by atoms with Crippen molar-refractivity contribution in [2.45, 2.75) is 26.2 Å². The molecule has 3 heterocycles. The molecule has 24 heavy (non-hydrogen) atoms. The second-order valence-corrected chi connectivity index (χ2v) is 6.98. The van der Waals surface area contributed by atoms with Crippen LogP contribution in [-0.2, 0) is 12.8 Å². The molecule has 7 nitrogen and oxygen atoms in total. The molecule has 1 aliphatic rings. The Morgan fingerprint density at radius 3 is 3.08 bits per heavy atom. The zero-order chi connectivity index (χ0) is 16.7. The van der Waals surface area contributed by atoms with Crippen LogP contribution in [0.25, 0.3) is 10.2 Å². The van der Waals surface area contributed by atoms with Crippen LogP contribution in [0.4, 0.5) is 5.82 Å². The molecule has 0 aromatic carbocycles. The molecule has 3 aromatic heterocycles. The largest absolute Gasteiger partial charge is 0.429 e. The zero-order valence-electron chi connectivity index (χ0n) is 12.9. The first-order valence-electron chi connectivity index (χ1n) is 7.66. The first kappa shape index (κ1) is 14.9. The summed E-state index contributed by atoms with van der Waals surface area (Å²) in [5, 5.41) is 12.0. The van der Waals surface area contributed by atoms with E-state index in [0.29, 0.717) is 11.8 Å². The van der Waals surface area contributed by atoms with Gasteiger partial charge in [0.2, 0.25) is 11.6 Å². The lowest BCUT2D eigenvalue weighted by Gasteiger charge is -2.18. The van der Waals surface area contributed by atoms with Gasteiger partial charge in [0.25, 0.3) is 0 Å². The summed E-state index contributed by atoms with van der Waals surface area (Å²) in [4.78, 5) is 25.1. The second-order valence-electron chi connectivity index (χ2n) is 5.90. The smallest absolute Gasteiger partial charge is 0.406 e. The van der Waals surface area contributed by atoms with E-state index in [2.05, 4.69) is 21.9 Å². The van der Waals surface area contributed by atoms with Gasteiger partial charge in [0, 0.05) is 4.88 Å². The summed E-state index contributed by atoms with van der Waals surface area (Å²) < 4.78 is 5.79. The second kappa shape index (κ2) is 5.79. The van der Waals surface area contributed by atoms with Gasteiger partial charge in [0.05, 0.1) is 5.39 Å². The fraction of sp³-hybridized carbons (Fsp3) is 0.312. The van der Waals surface area contributed by atoms with Crippen LogP contribution in [0.15, 0.2) is 24.7 Å². The average Bonchev–Trinajstić information content (AvgIpc) is 2.93. The van der Waals surface area contributed by atoms with Crippen LogP contribution >= 0.6 is 11.3 Å². The summed E-state index contributed by atoms with van der Waals surface area (Å²) in [6, 6.07) is 3.13. The number of ether oxygens (including phenoxy) is 1. The van der Waals surface area contributed by atoms with E-state index < -0.39 is 4.92 Å². The van der Waals surface area contributed by atoms with Crippen LogP contribution in [0.5, 0.6) is 11.6 Å². The highest BCUT2D eigenvalue weighted by Gasteiger charge is 2.25. The van der Waals surface area contributed by atoms with E-state index in [-0.39, 0.29) is 11.6 Å². The van der Waals surface area contributed by atoms with Crippen molar-refractivity contribution in [3.63, 3.8) is 0 Å². The van der Waals surface area contributed by atoms with E-state index in [1.165, 1.54) is 29.0 Å². The molecule has 3 aromatic rings. The van der Waals surface area contributed by atoms with Gasteiger partial charge in [-0.15, -0.1) is 11.3 Å². The Morgan fingerprint density at radius 2 is 2.25 bits per heavy atom. The summed E-state index contributed by atoms with van der Waals surface area (Å²) in [6.45, 7) is 2.25. The van der Waals surface area contributed by atoms with Crippen LogP contribution in [0.2, 0.25) is 0 Å². The fourth-order valence-corrected chi connectivity index (χ4v) is 4.37. The highest BCUT2D eigenvalue weighted by atomic mass is 32.1. The van der Waals surface area contributed by atoms with Gasteiger partial charge >= 0.3 is 5.82 Å². The number of pyridine rings is 1. The van der Waals surface area contributed by atoms with Crippen molar-refractivity contribution in [3.8, 4) is 11.6 Å². The predicted molar refractivity (Wildman–Crippen MR) is 89.6 cm³/mol. The molecule has 0 bridgehead atoms. The van der Waals surface area contributed by atoms with Crippen LogP contribution in [-0.4, -0.2) is 19.9 Å². The number of rotatable bonds is 3. The summed E-state index contributed by atoms with van der Waals surface area (Å²) >= 11 is 1.66. The quantitative estimate of drug-likeness (QED) is 0.529. The Bertz CT molecular complexity index is 940. The molecule has 0 unspecified atom stereocenters. The molecule has 122 valence electrons. The molecule has 4 rings (SSSR count). The van der Waals surface area contributed by atoms with Crippen molar-refractivity contribution in [3.05, 3.63) is 45.2 Å². The summed E-state index contributed by atoms with van der Waals surface area (Å²) in [6.07, 6.45) is 5.90. The van der Waals surface area contributed by atoms with Crippen molar-refractivity contribution < 1.29 is 9.66 Å². The molecule has 0 N–H and O–H groups in total. The maximum absolute atomic E-state index is 11.1. The van der Waals surface area contributed by atoms with E-state index in [1.807, 2.05) is 0 Å². The highest BCUT2D eigenvalue weighted by molar-refractivity contribution is 7.18. The molecular weight excluding hydrogens is 328 g/mol. The van der Waals surface area contributed by atoms with Gasteiger partial charge in [-0.1, -0.05) is 6.92 Å². The standard InChI is InChI=1S/C16H14N4O3S/c1-9-4-5-10-12(7-9)24-16-13(10)15(18-8-19-16)23-11-3-2-6-17-14(11)20(21)22/h2-3,6,8-9H,4-5,7H2,1H3/t9-/m1/s1. The molecule has 0 fully saturated rings. The van der Waals surface area contributed by atoms with Crippen LogP contribution in [0.1, 0.15) is 23.8 Å². The van der Waals surface area contributed by atoms with Gasteiger partial charge in [-0.05, 0) is 52.8 Å². The number of hydrogen-bond acceptors (Lipinski definition) is 7. The van der Waals surface area contributed by atoms with E-state index >= 15 is 0 Å². The number of thiophene rings is 1. The predicted octanol–water partition coefficient (Wildman–Crippen LogP) is 3.91. The Morgan fingerprint density at radius 1 is 1.38 bits per heavy atom. The summed E-state index contributed by atoms with van der Waals surface area (Å²) in [5.74, 6) is 0.791. The van der Waals surface area contributed by atoms with E-state index in [9.17, 15) is 10.1 Å². The molecule has 0 spiro atoms. The monoisotopic (exact) mass is 342 g/mol. The SMILES string of the molecule is C[C@@H]1CCc2c(sc3ncnc(Oc4cccnc4[N+](=O)[O-])c23)C1. The van der Waals surface area contributed by atoms with Gasteiger partial charge in [-0.2, -0.15) is 0 Å². The molecule has 0 saturated carbocycles. The average molecular weight is 342 g/mol. The van der Waals surface area contributed by atoms with Crippen LogP contribution < -0.4 is 4.74 Å². The first-order valence-corrected chi connectivity index (χ1v) is 8.47. The van der Waals surface area contributed by atoms with Crippen molar-refractivity contribution >= 4 is 27.4 Å². The van der Waals surface area contributed by atoms with Gasteiger partial charge in [-0.3, -0.25) is 0 Å². The minimum atomic E-state index is -0.557. The Balaban J connectivity index is 1.82. The van der Waals surface area contributed by atoms with E-state index in [1.54, 1.807) is 17.4 Å². The van der Waals surface area contributed by atoms with E-state index in [0.717, 1.165) is 29.5 Å². The maximum atomic E-state index is 11.1. The number of nitro groups is 1. The van der Waals surface area contributed by atoms with Crippen LogP contribution in [0.3, 0.4) is 0 Å². The minimum absolute atomic E-state index is 0.0895. The molecule has 0 radical (unpaired) electrons. The number of nitrogens with zero attached hydrogens (tertiary/aromatic N) is 4. The molecule has 0 aliphatic heterocycles. The molecule has 0 saturated heterocycles. The Kier molecular flexibility index (Phi) is 3.61. The van der Waals surface area contributed by atoms with Gasteiger partial charge in [-0.25, -0.2) is 9.97 Å². The third-order valence-electron chi connectivity index (χ3n) is 4.19. The topological polar surface area (TPSA) is 91.0 Å². The number of fused-ring (bicyclic) bond motifs is 3. The van der Waals surface area contributed by atoms with Gasteiger partial charge < -0.3 is 14.9 Å². The third-order valence-corrected chi connectivity index (χ3v) is 5.35. The lowest BCUT2D eigenvalue weighted by Crippen LogP contribution is -2.08. The van der Waals surface area contributed by atoms with Gasteiger partial charge in [0.15, 0.2) is 0 Å². The summed E-state index contributed by atoms with van der Waals surface area (Å²) in [5.41, 5.74) is 1.22. The maximum Gasteiger partial charge on any atom is 0.406 e. The van der Waals surface area contributed by atoms with Crippen molar-refractivity contribution in [2.75, 3.05) is 0 Å². The molecule has 1 aliphatic carbocycles. The molecule has 8 heteroatoms. The van der Waals surface area contributed by atoms with Crippen LogP contribution in [0, 0.1) is 16.0 Å². The highest BCUT2D eigenvalue weighted by Crippen LogP contribution is 2.42. The van der Waals surface area contributed by atoms with E-state index in [4.69, 9.17) is 4.74 Å². The van der Waals surface area contributed by atoms with Gasteiger partial charge in [0.1, 0.15) is 17.4 Å². The van der Waals surface area contributed by atoms with Crippen molar-refractivity contribution in [2.24, 2.45) is 5.92 Å². The van der Waals surface area contributed by atoms with Crippen molar-refractivity contribution in [1.29, 1.82) is 0 Å². The first-order chi connectivity index (χ1) is 11.6.